The average Bonchev–Trinajstić information content (AvgIpc) is 2.70. The van der Waals surface area contributed by atoms with E-state index < -0.39 is 4.92 Å². The number of carbonyl (C=O) groups excluding carboxylic acids is 1. The van der Waals surface area contributed by atoms with Crippen LogP contribution in [0.5, 0.6) is 0 Å². The molecule has 0 saturated heterocycles. The van der Waals surface area contributed by atoms with Crippen LogP contribution in [0, 0.1) is 10.1 Å². The molecule has 0 unspecified atom stereocenters. The van der Waals surface area contributed by atoms with Crippen molar-refractivity contribution in [2.45, 2.75) is 6.92 Å². The van der Waals surface area contributed by atoms with Crippen LogP contribution in [0.4, 0.5) is 11.4 Å². The Balaban J connectivity index is 1.63. The molecule has 0 radical (unpaired) electrons. The smallest absolute Gasteiger partial charge is 0.270 e. The van der Waals surface area contributed by atoms with Gasteiger partial charge in [0, 0.05) is 28.8 Å². The van der Waals surface area contributed by atoms with Crippen molar-refractivity contribution in [3.63, 3.8) is 0 Å². The van der Waals surface area contributed by atoms with Crippen LogP contribution in [0.1, 0.15) is 12.5 Å². The molecule has 7 heteroatoms. The molecule has 0 aromatic heterocycles. The fraction of sp³-hybridized carbons (Fsp3) is 0.100. The number of carbonyl (C=O) groups is 1. The van der Waals surface area contributed by atoms with E-state index in [0.29, 0.717) is 11.3 Å². The van der Waals surface area contributed by atoms with Crippen LogP contribution in [-0.2, 0) is 4.79 Å². The molecule has 0 bridgehead atoms. The summed E-state index contributed by atoms with van der Waals surface area (Å²) in [6, 6.07) is 19.8. The standard InChI is InChI=1S/C20H18N4O3/c1-14(16-8-4-9-17(12-16)24(26)27)22-23-20(25)13-21-19-11-5-7-15-6-2-3-10-18(15)19/h2-12,21H,13H2,1H3,(H,23,25)/b22-14-. The zero-order chi connectivity index (χ0) is 19.2. The third kappa shape index (κ3) is 4.46. The molecule has 2 N–H and O–H groups in total. The minimum Gasteiger partial charge on any atom is -0.376 e. The molecule has 3 aromatic rings. The minimum atomic E-state index is -0.469. The molecule has 0 fully saturated rings. The van der Waals surface area contributed by atoms with Gasteiger partial charge in [0.1, 0.15) is 0 Å². The topological polar surface area (TPSA) is 96.6 Å². The summed E-state index contributed by atoms with van der Waals surface area (Å²) in [4.78, 5) is 22.4. The van der Waals surface area contributed by atoms with Crippen LogP contribution < -0.4 is 10.7 Å². The zero-order valence-electron chi connectivity index (χ0n) is 14.7. The Labute approximate surface area is 155 Å². The second-order valence-electron chi connectivity index (χ2n) is 5.92. The van der Waals surface area contributed by atoms with Crippen LogP contribution in [0.2, 0.25) is 0 Å². The molecule has 27 heavy (non-hydrogen) atoms. The van der Waals surface area contributed by atoms with Gasteiger partial charge in [-0.05, 0) is 18.4 Å². The second-order valence-corrected chi connectivity index (χ2v) is 5.92. The number of benzene rings is 3. The van der Waals surface area contributed by atoms with Gasteiger partial charge in [0.2, 0.25) is 0 Å². The van der Waals surface area contributed by atoms with Crippen molar-refractivity contribution >= 4 is 33.8 Å². The molecular formula is C20H18N4O3. The van der Waals surface area contributed by atoms with E-state index in [1.165, 1.54) is 12.1 Å². The molecular weight excluding hydrogens is 344 g/mol. The molecule has 0 saturated carbocycles. The molecule has 3 aromatic carbocycles. The van der Waals surface area contributed by atoms with Gasteiger partial charge in [0.15, 0.2) is 0 Å². The van der Waals surface area contributed by atoms with Gasteiger partial charge in [0.25, 0.3) is 11.6 Å². The van der Waals surface area contributed by atoms with E-state index in [4.69, 9.17) is 0 Å². The maximum absolute atomic E-state index is 12.1. The number of nitrogens with one attached hydrogen (secondary N) is 2. The number of nitro benzene ring substituents is 1. The Morgan fingerprint density at radius 2 is 1.81 bits per heavy atom. The second kappa shape index (κ2) is 8.09. The van der Waals surface area contributed by atoms with E-state index in [9.17, 15) is 14.9 Å². The molecule has 7 nitrogen and oxygen atoms in total. The van der Waals surface area contributed by atoms with Crippen LogP contribution in [0.15, 0.2) is 71.8 Å². The number of hydrogen-bond acceptors (Lipinski definition) is 5. The van der Waals surface area contributed by atoms with Gasteiger partial charge in [-0.25, -0.2) is 5.43 Å². The lowest BCUT2D eigenvalue weighted by Gasteiger charge is -2.09. The van der Waals surface area contributed by atoms with E-state index in [2.05, 4.69) is 15.8 Å². The summed E-state index contributed by atoms with van der Waals surface area (Å²) in [5, 5.41) is 20.1. The first kappa shape index (κ1) is 18.1. The molecule has 0 heterocycles. The Morgan fingerprint density at radius 1 is 1.07 bits per heavy atom. The highest BCUT2D eigenvalue weighted by molar-refractivity contribution is 6.00. The molecule has 0 aliphatic rings. The molecule has 3 rings (SSSR count). The molecule has 0 spiro atoms. The Hall–Kier alpha value is -3.74. The number of amides is 1. The first-order valence-electron chi connectivity index (χ1n) is 8.34. The van der Waals surface area contributed by atoms with Gasteiger partial charge in [0.05, 0.1) is 17.2 Å². The SMILES string of the molecule is C/C(=N/NC(=O)CNc1cccc2ccccc12)c1cccc([N+](=O)[O-])c1. The van der Waals surface area contributed by atoms with Crippen molar-refractivity contribution in [2.75, 3.05) is 11.9 Å². The van der Waals surface area contributed by atoms with E-state index in [0.717, 1.165) is 16.5 Å². The van der Waals surface area contributed by atoms with Crippen LogP contribution in [0.25, 0.3) is 10.8 Å². The first-order valence-corrected chi connectivity index (χ1v) is 8.34. The van der Waals surface area contributed by atoms with Crippen molar-refractivity contribution in [3.05, 3.63) is 82.4 Å². The van der Waals surface area contributed by atoms with Gasteiger partial charge >= 0.3 is 0 Å². The molecule has 0 aliphatic heterocycles. The summed E-state index contributed by atoms with van der Waals surface area (Å²) >= 11 is 0. The molecule has 0 atom stereocenters. The lowest BCUT2D eigenvalue weighted by molar-refractivity contribution is -0.384. The van der Waals surface area contributed by atoms with Crippen molar-refractivity contribution in [1.82, 2.24) is 5.43 Å². The summed E-state index contributed by atoms with van der Waals surface area (Å²) in [5.74, 6) is -0.312. The van der Waals surface area contributed by atoms with Crippen molar-refractivity contribution in [1.29, 1.82) is 0 Å². The largest absolute Gasteiger partial charge is 0.376 e. The predicted molar refractivity (Wildman–Crippen MR) is 106 cm³/mol. The summed E-state index contributed by atoms with van der Waals surface area (Å²) in [6.07, 6.45) is 0. The number of rotatable bonds is 6. The van der Waals surface area contributed by atoms with E-state index >= 15 is 0 Å². The van der Waals surface area contributed by atoms with Crippen LogP contribution in [-0.4, -0.2) is 23.1 Å². The normalized spacial score (nSPS) is 11.2. The number of anilines is 1. The third-order valence-corrected chi connectivity index (χ3v) is 4.05. The van der Waals surface area contributed by atoms with Gasteiger partial charge in [-0.1, -0.05) is 48.5 Å². The highest BCUT2D eigenvalue weighted by Gasteiger charge is 2.08. The Bertz CT molecular complexity index is 1030. The van der Waals surface area contributed by atoms with Crippen molar-refractivity contribution < 1.29 is 9.72 Å². The Kier molecular flexibility index (Phi) is 5.41. The van der Waals surface area contributed by atoms with Crippen LogP contribution >= 0.6 is 0 Å². The number of non-ortho nitro benzene ring substituents is 1. The fourth-order valence-corrected chi connectivity index (χ4v) is 2.65. The molecule has 0 aliphatic carbocycles. The maximum atomic E-state index is 12.1. The van der Waals surface area contributed by atoms with Gasteiger partial charge < -0.3 is 5.32 Å². The predicted octanol–water partition coefficient (Wildman–Crippen LogP) is 3.70. The zero-order valence-corrected chi connectivity index (χ0v) is 14.7. The van der Waals surface area contributed by atoms with Gasteiger partial charge in [-0.3, -0.25) is 14.9 Å². The first-order chi connectivity index (χ1) is 13.0. The van der Waals surface area contributed by atoms with Crippen LogP contribution in [0.3, 0.4) is 0 Å². The summed E-state index contributed by atoms with van der Waals surface area (Å²) in [7, 11) is 0. The third-order valence-electron chi connectivity index (χ3n) is 4.05. The number of hydrogen-bond donors (Lipinski definition) is 2. The van der Waals surface area contributed by atoms with E-state index in [1.54, 1.807) is 19.1 Å². The maximum Gasteiger partial charge on any atom is 0.270 e. The van der Waals surface area contributed by atoms with Gasteiger partial charge in [-0.15, -0.1) is 0 Å². The lowest BCUT2D eigenvalue weighted by atomic mass is 10.1. The lowest BCUT2D eigenvalue weighted by Crippen LogP contribution is -2.26. The highest BCUT2D eigenvalue weighted by atomic mass is 16.6. The minimum absolute atomic E-state index is 0.0222. The number of nitrogens with zero attached hydrogens (tertiary/aromatic N) is 2. The number of hydrazone groups is 1. The molecule has 1 amide bonds. The number of fused-ring (bicyclic) bond motifs is 1. The van der Waals surface area contributed by atoms with E-state index in [-0.39, 0.29) is 18.1 Å². The summed E-state index contributed by atoms with van der Waals surface area (Å²) in [5.41, 5.74) is 4.36. The summed E-state index contributed by atoms with van der Waals surface area (Å²) < 4.78 is 0. The van der Waals surface area contributed by atoms with Crippen molar-refractivity contribution in [3.8, 4) is 0 Å². The number of nitro groups is 1. The van der Waals surface area contributed by atoms with Crippen molar-refractivity contribution in [2.24, 2.45) is 5.10 Å². The average molecular weight is 362 g/mol. The fourth-order valence-electron chi connectivity index (χ4n) is 2.65. The monoisotopic (exact) mass is 362 g/mol. The Morgan fingerprint density at radius 3 is 2.63 bits per heavy atom. The quantitative estimate of drug-likeness (QED) is 0.397. The highest BCUT2D eigenvalue weighted by Crippen LogP contribution is 2.22. The molecule has 136 valence electrons. The summed E-state index contributed by atoms with van der Waals surface area (Å²) in [6.45, 7) is 1.73. The van der Waals surface area contributed by atoms with E-state index in [1.807, 2.05) is 42.5 Å². The van der Waals surface area contributed by atoms with Gasteiger partial charge in [-0.2, -0.15) is 5.10 Å².